The molecule has 1 aliphatic carbocycles. The van der Waals surface area contributed by atoms with Gasteiger partial charge in [-0.05, 0) is 19.8 Å². The average molecular weight is 135 g/mol. The largest absolute Gasteiger partial charge is 0.306 e. The first-order chi connectivity index (χ1) is 4.12. The van der Waals surface area contributed by atoms with Gasteiger partial charge >= 0.3 is 0 Å². The third kappa shape index (κ3) is 2.26. The van der Waals surface area contributed by atoms with E-state index in [1.165, 1.54) is 0 Å². The van der Waals surface area contributed by atoms with Gasteiger partial charge in [0.1, 0.15) is 0 Å². The first-order valence-electron chi connectivity index (χ1n) is 3.16. The van der Waals surface area contributed by atoms with Crippen molar-refractivity contribution < 1.29 is 8.78 Å². The first-order valence-corrected chi connectivity index (χ1v) is 3.16. The normalized spacial score (nSPS) is 22.7. The maximum absolute atomic E-state index is 11.5. The molecule has 0 heterocycles. The molecule has 0 aromatic heterocycles. The summed E-state index contributed by atoms with van der Waals surface area (Å²) in [6.45, 7) is 1.81. The monoisotopic (exact) mass is 135 g/mol. The molecule has 0 unspecified atom stereocenters. The molecule has 0 aromatic rings. The molecule has 1 fully saturated rings. The van der Waals surface area contributed by atoms with Crippen LogP contribution in [0.25, 0.3) is 0 Å². The molecule has 0 atom stereocenters. The van der Waals surface area contributed by atoms with Gasteiger partial charge in [0, 0.05) is 5.54 Å². The molecule has 0 amide bonds. The lowest BCUT2D eigenvalue weighted by Crippen LogP contribution is -2.32. The highest BCUT2D eigenvalue weighted by atomic mass is 19.3. The molecule has 1 saturated carbocycles. The topological polar surface area (TPSA) is 12.0 Å². The van der Waals surface area contributed by atoms with Gasteiger partial charge in [0.05, 0.1) is 6.54 Å². The van der Waals surface area contributed by atoms with E-state index in [0.717, 1.165) is 12.8 Å². The summed E-state index contributed by atoms with van der Waals surface area (Å²) in [5.74, 6) is 0. The van der Waals surface area contributed by atoms with Gasteiger partial charge in [0.15, 0.2) is 0 Å². The summed E-state index contributed by atoms with van der Waals surface area (Å²) in [6.07, 6.45) is -0.123. The SMILES string of the molecule is CC1(NCC(F)F)CC1. The lowest BCUT2D eigenvalue weighted by atomic mass is 10.3. The Bertz CT molecular complexity index is 99.2. The molecule has 0 spiro atoms. The predicted molar refractivity (Wildman–Crippen MR) is 31.6 cm³/mol. The van der Waals surface area contributed by atoms with Crippen molar-refractivity contribution >= 4 is 0 Å². The van der Waals surface area contributed by atoms with E-state index in [0.29, 0.717) is 0 Å². The Morgan fingerprint density at radius 1 is 1.56 bits per heavy atom. The van der Waals surface area contributed by atoms with Crippen LogP contribution in [0.15, 0.2) is 0 Å². The van der Waals surface area contributed by atoms with Gasteiger partial charge in [-0.1, -0.05) is 0 Å². The zero-order chi connectivity index (χ0) is 6.91. The van der Waals surface area contributed by atoms with Crippen molar-refractivity contribution in [2.24, 2.45) is 0 Å². The number of rotatable bonds is 3. The van der Waals surface area contributed by atoms with Crippen LogP contribution < -0.4 is 5.32 Å². The van der Waals surface area contributed by atoms with Gasteiger partial charge in [-0.3, -0.25) is 0 Å². The molecule has 3 heteroatoms. The Hall–Kier alpha value is -0.180. The molecular formula is C6H11F2N. The third-order valence-corrected chi connectivity index (χ3v) is 1.68. The fourth-order valence-electron chi connectivity index (χ4n) is 0.688. The van der Waals surface area contributed by atoms with Crippen molar-refractivity contribution in [3.8, 4) is 0 Å². The van der Waals surface area contributed by atoms with Gasteiger partial charge < -0.3 is 5.32 Å². The molecule has 0 radical (unpaired) electrons. The first kappa shape index (κ1) is 6.93. The fraction of sp³-hybridized carbons (Fsp3) is 1.00. The molecule has 1 aliphatic rings. The van der Waals surface area contributed by atoms with Crippen LogP contribution in [0.3, 0.4) is 0 Å². The van der Waals surface area contributed by atoms with E-state index in [4.69, 9.17) is 0 Å². The van der Waals surface area contributed by atoms with E-state index in [2.05, 4.69) is 5.32 Å². The van der Waals surface area contributed by atoms with Crippen molar-refractivity contribution in [2.75, 3.05) is 6.54 Å². The number of halogens is 2. The minimum absolute atomic E-state index is 0.0520. The van der Waals surface area contributed by atoms with Gasteiger partial charge in [-0.15, -0.1) is 0 Å². The van der Waals surface area contributed by atoms with Gasteiger partial charge in [-0.2, -0.15) is 0 Å². The minimum atomic E-state index is -2.21. The summed E-state index contributed by atoms with van der Waals surface area (Å²) < 4.78 is 23.1. The number of alkyl halides is 2. The van der Waals surface area contributed by atoms with Crippen LogP contribution in [0.1, 0.15) is 19.8 Å². The zero-order valence-electron chi connectivity index (χ0n) is 5.45. The number of hydrogen-bond acceptors (Lipinski definition) is 1. The summed E-state index contributed by atoms with van der Waals surface area (Å²) in [6, 6.07) is 0. The van der Waals surface area contributed by atoms with Crippen LogP contribution in [-0.2, 0) is 0 Å². The van der Waals surface area contributed by atoms with Gasteiger partial charge in [0.25, 0.3) is 6.43 Å². The molecule has 9 heavy (non-hydrogen) atoms. The second-order valence-corrected chi connectivity index (χ2v) is 2.83. The van der Waals surface area contributed by atoms with E-state index >= 15 is 0 Å². The quantitative estimate of drug-likeness (QED) is 0.616. The molecule has 0 aliphatic heterocycles. The lowest BCUT2D eigenvalue weighted by molar-refractivity contribution is 0.140. The van der Waals surface area contributed by atoms with Crippen molar-refractivity contribution in [2.45, 2.75) is 31.7 Å². The van der Waals surface area contributed by atoms with E-state index in [1.807, 2.05) is 6.92 Å². The highest BCUT2D eigenvalue weighted by molar-refractivity contribution is 4.97. The zero-order valence-corrected chi connectivity index (χ0v) is 5.45. The summed E-state index contributed by atoms with van der Waals surface area (Å²) in [7, 11) is 0. The molecular weight excluding hydrogens is 124 g/mol. The Morgan fingerprint density at radius 2 is 2.11 bits per heavy atom. The highest BCUT2D eigenvalue weighted by Crippen LogP contribution is 2.34. The molecule has 54 valence electrons. The second kappa shape index (κ2) is 2.21. The van der Waals surface area contributed by atoms with Crippen molar-refractivity contribution in [3.63, 3.8) is 0 Å². The molecule has 0 saturated heterocycles. The minimum Gasteiger partial charge on any atom is -0.306 e. The van der Waals surface area contributed by atoms with Crippen LogP contribution in [0.4, 0.5) is 8.78 Å². The van der Waals surface area contributed by atoms with Crippen LogP contribution in [0.2, 0.25) is 0 Å². The molecule has 1 nitrogen and oxygen atoms in total. The number of nitrogens with one attached hydrogen (secondary N) is 1. The van der Waals surface area contributed by atoms with Crippen LogP contribution in [-0.4, -0.2) is 18.5 Å². The summed E-state index contributed by atoms with van der Waals surface area (Å²) >= 11 is 0. The Kier molecular flexibility index (Phi) is 1.70. The van der Waals surface area contributed by atoms with Gasteiger partial charge in [-0.25, -0.2) is 8.78 Å². The molecule has 0 bridgehead atoms. The standard InChI is InChI=1S/C6H11F2N/c1-6(2-3-6)9-4-5(7)8/h5,9H,2-4H2,1H3. The highest BCUT2D eigenvalue weighted by Gasteiger charge is 2.36. The average Bonchev–Trinajstić information content (AvgIpc) is 2.45. The maximum atomic E-state index is 11.5. The van der Waals surface area contributed by atoms with E-state index in [1.54, 1.807) is 0 Å². The summed E-state index contributed by atoms with van der Waals surface area (Å²) in [5, 5.41) is 2.78. The Balaban J connectivity index is 2.05. The van der Waals surface area contributed by atoms with Crippen molar-refractivity contribution in [1.82, 2.24) is 5.32 Å². The smallest absolute Gasteiger partial charge is 0.250 e. The van der Waals surface area contributed by atoms with E-state index in [9.17, 15) is 8.78 Å². The van der Waals surface area contributed by atoms with E-state index < -0.39 is 6.43 Å². The fourth-order valence-corrected chi connectivity index (χ4v) is 0.688. The number of hydrogen-bond donors (Lipinski definition) is 1. The summed E-state index contributed by atoms with van der Waals surface area (Å²) in [4.78, 5) is 0. The second-order valence-electron chi connectivity index (χ2n) is 2.83. The van der Waals surface area contributed by atoms with Gasteiger partial charge in [0.2, 0.25) is 0 Å². The van der Waals surface area contributed by atoms with Crippen molar-refractivity contribution in [3.05, 3.63) is 0 Å². The predicted octanol–water partition coefficient (Wildman–Crippen LogP) is 1.39. The Morgan fingerprint density at radius 3 is 2.44 bits per heavy atom. The van der Waals surface area contributed by atoms with Crippen LogP contribution in [0, 0.1) is 0 Å². The van der Waals surface area contributed by atoms with Crippen LogP contribution in [0.5, 0.6) is 0 Å². The molecule has 0 aromatic carbocycles. The Labute approximate surface area is 53.4 Å². The van der Waals surface area contributed by atoms with E-state index in [-0.39, 0.29) is 12.1 Å². The molecule has 1 N–H and O–H groups in total. The lowest BCUT2D eigenvalue weighted by Gasteiger charge is -2.09. The maximum Gasteiger partial charge on any atom is 0.250 e. The third-order valence-electron chi connectivity index (χ3n) is 1.68. The van der Waals surface area contributed by atoms with Crippen molar-refractivity contribution in [1.29, 1.82) is 0 Å². The molecule has 1 rings (SSSR count). The summed E-state index contributed by atoms with van der Waals surface area (Å²) in [5.41, 5.74) is 0.0520. The van der Waals surface area contributed by atoms with Crippen LogP contribution >= 0.6 is 0 Å².